The molecule has 1 aliphatic rings. The predicted octanol–water partition coefficient (Wildman–Crippen LogP) is 2.04. The molecule has 1 fully saturated rings. The molecule has 1 amide bonds. The number of rotatable bonds is 5. The topological polar surface area (TPSA) is 41.6 Å². The van der Waals surface area contributed by atoms with Crippen LogP contribution in [-0.4, -0.2) is 43.7 Å². The molecule has 1 aromatic carbocycles. The van der Waals surface area contributed by atoms with Crippen molar-refractivity contribution in [2.75, 3.05) is 32.1 Å². The van der Waals surface area contributed by atoms with Crippen LogP contribution in [0.1, 0.15) is 18.4 Å². The van der Waals surface area contributed by atoms with E-state index in [9.17, 15) is 4.79 Å². The van der Waals surface area contributed by atoms with E-state index in [0.717, 1.165) is 25.1 Å². The van der Waals surface area contributed by atoms with Crippen molar-refractivity contribution in [3.63, 3.8) is 0 Å². The Morgan fingerprint density at radius 1 is 1.42 bits per heavy atom. The van der Waals surface area contributed by atoms with E-state index in [2.05, 4.69) is 10.2 Å². The van der Waals surface area contributed by atoms with E-state index in [0.29, 0.717) is 19.2 Å². The van der Waals surface area contributed by atoms with Crippen molar-refractivity contribution < 1.29 is 9.53 Å². The molecule has 2 rings (SSSR count). The van der Waals surface area contributed by atoms with Crippen LogP contribution in [0.4, 0.5) is 5.69 Å². The summed E-state index contributed by atoms with van der Waals surface area (Å²) in [6.07, 6.45) is 2.26. The molecule has 0 saturated carbocycles. The molecule has 4 heteroatoms. The predicted molar refractivity (Wildman–Crippen MR) is 76.3 cm³/mol. The van der Waals surface area contributed by atoms with E-state index in [1.54, 1.807) is 7.11 Å². The number of carbonyl (C=O) groups excluding carboxylic acids is 1. The first kappa shape index (κ1) is 14.0. The van der Waals surface area contributed by atoms with Crippen LogP contribution in [-0.2, 0) is 9.53 Å². The summed E-state index contributed by atoms with van der Waals surface area (Å²) in [5.74, 6) is 0.0480. The zero-order valence-electron chi connectivity index (χ0n) is 11.7. The smallest absolute Gasteiger partial charge is 0.238 e. The average molecular weight is 262 g/mol. The summed E-state index contributed by atoms with van der Waals surface area (Å²) in [6.45, 7) is 4.17. The summed E-state index contributed by atoms with van der Waals surface area (Å²) >= 11 is 0. The van der Waals surface area contributed by atoms with Gasteiger partial charge in [-0.15, -0.1) is 0 Å². The Morgan fingerprint density at radius 3 is 2.84 bits per heavy atom. The second-order valence-corrected chi connectivity index (χ2v) is 5.14. The van der Waals surface area contributed by atoms with Gasteiger partial charge in [-0.25, -0.2) is 0 Å². The Balaban J connectivity index is 1.85. The lowest BCUT2D eigenvalue weighted by Gasteiger charge is -2.23. The van der Waals surface area contributed by atoms with Gasteiger partial charge in [-0.1, -0.05) is 17.7 Å². The maximum atomic E-state index is 12.0. The molecule has 0 aromatic heterocycles. The number of aryl methyl sites for hydroxylation is 1. The van der Waals surface area contributed by atoms with Crippen molar-refractivity contribution in [2.24, 2.45) is 0 Å². The first-order chi connectivity index (χ1) is 9.19. The SMILES string of the molecule is COCC1CCCN1CC(=O)Nc1ccc(C)cc1. The number of hydrogen-bond acceptors (Lipinski definition) is 3. The van der Waals surface area contributed by atoms with Crippen LogP contribution in [0.25, 0.3) is 0 Å². The largest absolute Gasteiger partial charge is 0.383 e. The van der Waals surface area contributed by atoms with Crippen molar-refractivity contribution in [1.82, 2.24) is 4.90 Å². The number of hydrogen-bond donors (Lipinski definition) is 1. The molecule has 0 bridgehead atoms. The molecule has 4 nitrogen and oxygen atoms in total. The summed E-state index contributed by atoms with van der Waals surface area (Å²) in [7, 11) is 1.71. The first-order valence-corrected chi connectivity index (χ1v) is 6.78. The molecule has 0 radical (unpaired) electrons. The van der Waals surface area contributed by atoms with Crippen LogP contribution in [0.2, 0.25) is 0 Å². The van der Waals surface area contributed by atoms with Gasteiger partial charge in [0, 0.05) is 18.8 Å². The highest BCUT2D eigenvalue weighted by atomic mass is 16.5. The molecule has 0 aliphatic carbocycles. The molecule has 1 aliphatic heterocycles. The number of ether oxygens (including phenoxy) is 1. The molecule has 104 valence electrons. The van der Waals surface area contributed by atoms with Crippen LogP contribution < -0.4 is 5.32 Å². The number of amides is 1. The Bertz CT molecular complexity index is 417. The van der Waals surface area contributed by atoms with Crippen LogP contribution in [0, 0.1) is 6.92 Å². The minimum atomic E-state index is 0.0480. The molecule has 1 N–H and O–H groups in total. The third kappa shape index (κ3) is 4.04. The van der Waals surface area contributed by atoms with Crippen molar-refractivity contribution in [3.05, 3.63) is 29.8 Å². The van der Waals surface area contributed by atoms with Gasteiger partial charge < -0.3 is 10.1 Å². The zero-order chi connectivity index (χ0) is 13.7. The van der Waals surface area contributed by atoms with Gasteiger partial charge in [0.05, 0.1) is 13.2 Å². The Labute approximate surface area is 114 Å². The van der Waals surface area contributed by atoms with E-state index in [-0.39, 0.29) is 5.91 Å². The number of likely N-dealkylation sites (tertiary alicyclic amines) is 1. The van der Waals surface area contributed by atoms with Crippen LogP contribution in [0.15, 0.2) is 24.3 Å². The summed E-state index contributed by atoms with van der Waals surface area (Å²) in [5, 5.41) is 2.94. The first-order valence-electron chi connectivity index (χ1n) is 6.78. The molecular weight excluding hydrogens is 240 g/mol. The lowest BCUT2D eigenvalue weighted by atomic mass is 10.2. The summed E-state index contributed by atoms with van der Waals surface area (Å²) < 4.78 is 5.20. The lowest BCUT2D eigenvalue weighted by molar-refractivity contribution is -0.117. The third-order valence-electron chi connectivity index (χ3n) is 3.54. The number of methoxy groups -OCH3 is 1. The van der Waals surface area contributed by atoms with Gasteiger partial charge in [-0.2, -0.15) is 0 Å². The van der Waals surface area contributed by atoms with Crippen LogP contribution in [0.5, 0.6) is 0 Å². The highest BCUT2D eigenvalue weighted by molar-refractivity contribution is 5.92. The maximum Gasteiger partial charge on any atom is 0.238 e. The molecule has 1 saturated heterocycles. The Morgan fingerprint density at radius 2 is 2.16 bits per heavy atom. The van der Waals surface area contributed by atoms with Crippen LogP contribution in [0.3, 0.4) is 0 Å². The fourth-order valence-corrected chi connectivity index (χ4v) is 2.51. The minimum Gasteiger partial charge on any atom is -0.383 e. The molecule has 1 atom stereocenters. The molecule has 1 unspecified atom stereocenters. The molecule has 1 heterocycles. The lowest BCUT2D eigenvalue weighted by Crippen LogP contribution is -2.38. The molecule has 1 aromatic rings. The Kier molecular flexibility index (Phi) is 4.93. The van der Waals surface area contributed by atoms with Crippen molar-refractivity contribution in [3.8, 4) is 0 Å². The maximum absolute atomic E-state index is 12.0. The molecular formula is C15H22N2O2. The average Bonchev–Trinajstić information content (AvgIpc) is 2.80. The van der Waals surface area contributed by atoms with Gasteiger partial charge in [0.15, 0.2) is 0 Å². The second kappa shape index (κ2) is 6.68. The Hall–Kier alpha value is -1.39. The van der Waals surface area contributed by atoms with E-state index >= 15 is 0 Å². The molecule has 19 heavy (non-hydrogen) atoms. The van der Waals surface area contributed by atoms with Gasteiger partial charge in [0.2, 0.25) is 5.91 Å². The number of benzene rings is 1. The second-order valence-electron chi connectivity index (χ2n) is 5.14. The fourth-order valence-electron chi connectivity index (χ4n) is 2.51. The highest BCUT2D eigenvalue weighted by Crippen LogP contribution is 2.17. The van der Waals surface area contributed by atoms with E-state index < -0.39 is 0 Å². The van der Waals surface area contributed by atoms with Gasteiger partial charge in [-0.05, 0) is 38.4 Å². The summed E-state index contributed by atoms with van der Waals surface area (Å²) in [5.41, 5.74) is 2.05. The minimum absolute atomic E-state index is 0.0480. The number of nitrogens with one attached hydrogen (secondary N) is 1. The highest BCUT2D eigenvalue weighted by Gasteiger charge is 2.25. The van der Waals surface area contributed by atoms with Crippen molar-refractivity contribution >= 4 is 11.6 Å². The number of carbonyl (C=O) groups is 1. The number of nitrogens with zero attached hydrogens (tertiary/aromatic N) is 1. The van der Waals surface area contributed by atoms with E-state index in [1.807, 2.05) is 31.2 Å². The van der Waals surface area contributed by atoms with Gasteiger partial charge in [0.25, 0.3) is 0 Å². The quantitative estimate of drug-likeness (QED) is 0.883. The van der Waals surface area contributed by atoms with Gasteiger partial charge in [-0.3, -0.25) is 9.69 Å². The molecule has 0 spiro atoms. The van der Waals surface area contributed by atoms with E-state index in [1.165, 1.54) is 5.56 Å². The van der Waals surface area contributed by atoms with Crippen molar-refractivity contribution in [2.45, 2.75) is 25.8 Å². The van der Waals surface area contributed by atoms with E-state index in [4.69, 9.17) is 4.74 Å². The van der Waals surface area contributed by atoms with Gasteiger partial charge in [0.1, 0.15) is 0 Å². The van der Waals surface area contributed by atoms with Crippen molar-refractivity contribution in [1.29, 1.82) is 0 Å². The standard InChI is InChI=1S/C15H22N2O2/c1-12-5-7-13(8-6-12)16-15(18)10-17-9-3-4-14(17)11-19-2/h5-8,14H,3-4,9-11H2,1-2H3,(H,16,18). The zero-order valence-corrected chi connectivity index (χ0v) is 11.7. The normalized spacial score (nSPS) is 19.6. The monoisotopic (exact) mass is 262 g/mol. The van der Waals surface area contributed by atoms with Gasteiger partial charge >= 0.3 is 0 Å². The summed E-state index contributed by atoms with van der Waals surface area (Å²) in [6, 6.07) is 8.25. The number of anilines is 1. The summed E-state index contributed by atoms with van der Waals surface area (Å²) in [4.78, 5) is 14.2. The van der Waals surface area contributed by atoms with Crippen LogP contribution >= 0.6 is 0 Å². The third-order valence-corrected chi connectivity index (χ3v) is 3.54. The fraction of sp³-hybridized carbons (Fsp3) is 0.533.